The van der Waals surface area contributed by atoms with Crippen LogP contribution in [0.4, 0.5) is 5.69 Å². The Bertz CT molecular complexity index is 298. The Morgan fingerprint density at radius 3 is 3.08 bits per heavy atom. The molecule has 1 aliphatic rings. The number of rotatable bonds is 1. The Balaban J connectivity index is 2.43. The number of carbonyl (C=O) groups excluding carboxylic acids is 1. The van der Waals surface area contributed by atoms with Crippen molar-refractivity contribution in [2.75, 3.05) is 18.1 Å². The number of para-hydroxylation sites is 2. The fourth-order valence-electron chi connectivity index (χ4n) is 1.30. The van der Waals surface area contributed by atoms with Crippen molar-refractivity contribution in [3.05, 3.63) is 24.3 Å². The highest BCUT2D eigenvalue weighted by Crippen LogP contribution is 2.29. The first-order chi connectivity index (χ1) is 5.92. The van der Waals surface area contributed by atoms with Gasteiger partial charge in [-0.3, -0.25) is 4.79 Å². The minimum Gasteiger partial charge on any atom is -0.490 e. The van der Waals surface area contributed by atoms with Crippen molar-refractivity contribution in [2.45, 2.75) is 0 Å². The first kappa shape index (κ1) is 7.16. The van der Waals surface area contributed by atoms with Crippen LogP contribution in [-0.2, 0) is 4.79 Å². The smallest absolute Gasteiger partial charge is 0.214 e. The molecule has 0 N–H and O–H groups in total. The predicted octanol–water partition coefficient (Wildman–Crippen LogP) is 1.04. The lowest BCUT2D eigenvalue weighted by Crippen LogP contribution is -2.31. The summed E-state index contributed by atoms with van der Waals surface area (Å²) < 4.78 is 5.35. The Labute approximate surface area is 70.6 Å². The van der Waals surface area contributed by atoms with Crippen molar-refractivity contribution in [2.24, 2.45) is 0 Å². The standard InChI is InChI=1S/C9H9NO2/c11-7-10-5-6-12-9-4-2-1-3-8(9)10/h1-4,7H,5-6H2. The number of hydrogen-bond acceptors (Lipinski definition) is 2. The largest absolute Gasteiger partial charge is 0.490 e. The van der Waals surface area contributed by atoms with Crippen molar-refractivity contribution in [3.63, 3.8) is 0 Å². The zero-order valence-electron chi connectivity index (χ0n) is 6.56. The van der Waals surface area contributed by atoms with Gasteiger partial charge in [-0.2, -0.15) is 0 Å². The van der Waals surface area contributed by atoms with Crippen LogP contribution in [0.5, 0.6) is 5.75 Å². The van der Waals surface area contributed by atoms with E-state index in [-0.39, 0.29) is 0 Å². The second-order valence-electron chi connectivity index (χ2n) is 2.61. The van der Waals surface area contributed by atoms with Crippen LogP contribution in [0.2, 0.25) is 0 Å². The van der Waals surface area contributed by atoms with Crippen LogP contribution in [0.1, 0.15) is 0 Å². The lowest BCUT2D eigenvalue weighted by atomic mass is 10.2. The number of nitrogens with zero attached hydrogens (tertiary/aromatic N) is 1. The molecule has 3 nitrogen and oxygen atoms in total. The molecule has 0 unspecified atom stereocenters. The van der Waals surface area contributed by atoms with Crippen molar-refractivity contribution in [1.29, 1.82) is 0 Å². The second kappa shape index (κ2) is 2.85. The Hall–Kier alpha value is -1.51. The van der Waals surface area contributed by atoms with Gasteiger partial charge in [-0.05, 0) is 12.1 Å². The van der Waals surface area contributed by atoms with Crippen LogP contribution in [0.15, 0.2) is 24.3 Å². The fourth-order valence-corrected chi connectivity index (χ4v) is 1.30. The van der Waals surface area contributed by atoms with E-state index in [0.29, 0.717) is 13.2 Å². The van der Waals surface area contributed by atoms with E-state index in [1.165, 1.54) is 0 Å². The molecule has 0 bridgehead atoms. The van der Waals surface area contributed by atoms with Crippen molar-refractivity contribution >= 4 is 12.1 Å². The minimum absolute atomic E-state index is 0.579. The third-order valence-corrected chi connectivity index (χ3v) is 1.89. The molecule has 1 heterocycles. The second-order valence-corrected chi connectivity index (χ2v) is 2.61. The minimum atomic E-state index is 0.579. The molecule has 0 atom stereocenters. The maximum atomic E-state index is 10.6. The highest BCUT2D eigenvalue weighted by Gasteiger charge is 2.15. The van der Waals surface area contributed by atoms with Gasteiger partial charge in [0.25, 0.3) is 0 Å². The van der Waals surface area contributed by atoms with E-state index in [2.05, 4.69) is 0 Å². The maximum absolute atomic E-state index is 10.6. The molecule has 0 fully saturated rings. The molecule has 0 spiro atoms. The summed E-state index contributed by atoms with van der Waals surface area (Å²) in [5.41, 5.74) is 0.860. The molecular weight excluding hydrogens is 154 g/mol. The summed E-state index contributed by atoms with van der Waals surface area (Å²) in [4.78, 5) is 12.2. The van der Waals surface area contributed by atoms with Gasteiger partial charge in [-0.15, -0.1) is 0 Å². The summed E-state index contributed by atoms with van der Waals surface area (Å²) in [6.45, 7) is 1.22. The molecule has 12 heavy (non-hydrogen) atoms. The van der Waals surface area contributed by atoms with Gasteiger partial charge in [0.2, 0.25) is 6.41 Å². The molecule has 0 saturated heterocycles. The molecule has 3 heteroatoms. The molecule has 1 aromatic rings. The molecular formula is C9H9NO2. The third kappa shape index (κ3) is 1.03. The van der Waals surface area contributed by atoms with Crippen LogP contribution in [-0.4, -0.2) is 19.6 Å². The normalized spacial score (nSPS) is 14.8. The number of fused-ring (bicyclic) bond motifs is 1. The van der Waals surface area contributed by atoms with Gasteiger partial charge in [-0.25, -0.2) is 0 Å². The number of amides is 1. The number of anilines is 1. The van der Waals surface area contributed by atoms with Gasteiger partial charge in [-0.1, -0.05) is 12.1 Å². The van der Waals surface area contributed by atoms with Crippen molar-refractivity contribution < 1.29 is 9.53 Å². The summed E-state index contributed by atoms with van der Waals surface area (Å²) in [5.74, 6) is 0.788. The molecule has 0 saturated carbocycles. The molecule has 0 aliphatic carbocycles. The monoisotopic (exact) mass is 163 g/mol. The van der Waals surface area contributed by atoms with Crippen LogP contribution in [0.3, 0.4) is 0 Å². The Morgan fingerprint density at radius 2 is 2.25 bits per heavy atom. The average molecular weight is 163 g/mol. The number of hydrogen-bond donors (Lipinski definition) is 0. The molecule has 1 aliphatic heterocycles. The molecule has 62 valence electrons. The summed E-state index contributed by atoms with van der Waals surface area (Å²) >= 11 is 0. The first-order valence-corrected chi connectivity index (χ1v) is 3.85. The van der Waals surface area contributed by atoms with Crippen molar-refractivity contribution in [1.82, 2.24) is 0 Å². The lowest BCUT2D eigenvalue weighted by Gasteiger charge is -2.25. The average Bonchev–Trinajstić information content (AvgIpc) is 2.17. The van der Waals surface area contributed by atoms with Gasteiger partial charge < -0.3 is 9.64 Å². The zero-order valence-corrected chi connectivity index (χ0v) is 6.56. The molecule has 1 aromatic carbocycles. The summed E-state index contributed by atoms with van der Waals surface area (Å²) in [5, 5.41) is 0. The van der Waals surface area contributed by atoms with Gasteiger partial charge in [0, 0.05) is 0 Å². The van der Waals surface area contributed by atoms with Crippen LogP contribution >= 0.6 is 0 Å². The topological polar surface area (TPSA) is 29.5 Å². The molecule has 0 radical (unpaired) electrons. The van der Waals surface area contributed by atoms with E-state index in [9.17, 15) is 4.79 Å². The number of benzene rings is 1. The van der Waals surface area contributed by atoms with E-state index < -0.39 is 0 Å². The summed E-state index contributed by atoms with van der Waals surface area (Å²) in [7, 11) is 0. The van der Waals surface area contributed by atoms with Crippen LogP contribution in [0.25, 0.3) is 0 Å². The van der Waals surface area contributed by atoms with E-state index in [1.54, 1.807) is 4.90 Å². The predicted molar refractivity (Wildman–Crippen MR) is 45.3 cm³/mol. The van der Waals surface area contributed by atoms with Crippen molar-refractivity contribution in [3.8, 4) is 5.75 Å². The zero-order chi connectivity index (χ0) is 8.39. The van der Waals surface area contributed by atoms with Gasteiger partial charge >= 0.3 is 0 Å². The van der Waals surface area contributed by atoms with Gasteiger partial charge in [0.15, 0.2) is 0 Å². The highest BCUT2D eigenvalue weighted by molar-refractivity contribution is 5.79. The lowest BCUT2D eigenvalue weighted by molar-refractivity contribution is -0.107. The molecule has 0 aromatic heterocycles. The Morgan fingerprint density at radius 1 is 1.42 bits per heavy atom. The van der Waals surface area contributed by atoms with Crippen LogP contribution in [0, 0.1) is 0 Å². The highest BCUT2D eigenvalue weighted by atomic mass is 16.5. The molecule has 1 amide bonds. The fraction of sp³-hybridized carbons (Fsp3) is 0.222. The van der Waals surface area contributed by atoms with Crippen LogP contribution < -0.4 is 9.64 Å². The summed E-state index contributed by atoms with van der Waals surface area (Å²) in [6.07, 6.45) is 0.835. The molecule has 2 rings (SSSR count). The number of carbonyl (C=O) groups is 1. The SMILES string of the molecule is O=CN1CCOc2ccccc21. The van der Waals surface area contributed by atoms with E-state index in [1.807, 2.05) is 24.3 Å². The Kier molecular flexibility index (Phi) is 1.70. The van der Waals surface area contributed by atoms with E-state index in [0.717, 1.165) is 17.8 Å². The number of ether oxygens (including phenoxy) is 1. The van der Waals surface area contributed by atoms with E-state index >= 15 is 0 Å². The summed E-state index contributed by atoms with van der Waals surface area (Å²) in [6, 6.07) is 7.53. The quantitative estimate of drug-likeness (QED) is 0.579. The van der Waals surface area contributed by atoms with Gasteiger partial charge in [0.1, 0.15) is 12.4 Å². The maximum Gasteiger partial charge on any atom is 0.214 e. The van der Waals surface area contributed by atoms with E-state index in [4.69, 9.17) is 4.74 Å². The third-order valence-electron chi connectivity index (χ3n) is 1.89. The van der Waals surface area contributed by atoms with Gasteiger partial charge in [0.05, 0.1) is 12.2 Å². The first-order valence-electron chi connectivity index (χ1n) is 3.85.